The van der Waals surface area contributed by atoms with Crippen molar-refractivity contribution in [1.82, 2.24) is 0 Å². The van der Waals surface area contributed by atoms with Crippen molar-refractivity contribution < 1.29 is 19.0 Å². The van der Waals surface area contributed by atoms with Gasteiger partial charge in [-0.05, 0) is 30.9 Å². The van der Waals surface area contributed by atoms with Crippen molar-refractivity contribution in [3.63, 3.8) is 0 Å². The largest absolute Gasteiger partial charge is 0.465 e. The third-order valence-corrected chi connectivity index (χ3v) is 3.94. The van der Waals surface area contributed by atoms with Crippen LogP contribution in [0.1, 0.15) is 61.0 Å². The van der Waals surface area contributed by atoms with Crippen molar-refractivity contribution in [1.29, 1.82) is 0 Å². The van der Waals surface area contributed by atoms with Gasteiger partial charge < -0.3 is 14.2 Å². The molecule has 114 valence electrons. The van der Waals surface area contributed by atoms with Crippen LogP contribution in [0.4, 0.5) is 0 Å². The lowest BCUT2D eigenvalue weighted by atomic mass is 9.87. The van der Waals surface area contributed by atoms with Gasteiger partial charge in [0.25, 0.3) is 0 Å². The molecule has 0 saturated carbocycles. The van der Waals surface area contributed by atoms with Crippen LogP contribution in [0.25, 0.3) is 0 Å². The van der Waals surface area contributed by atoms with E-state index in [0.717, 1.165) is 10.4 Å². The fourth-order valence-electron chi connectivity index (χ4n) is 1.84. The fourth-order valence-corrected chi connectivity index (χ4v) is 3.13. The average molecular weight is 300 g/mol. The molecule has 1 aromatic heterocycles. The number of hydrogen-bond donors (Lipinski definition) is 0. The van der Waals surface area contributed by atoms with E-state index in [4.69, 9.17) is 14.2 Å². The van der Waals surface area contributed by atoms with Crippen molar-refractivity contribution in [3.05, 3.63) is 21.4 Å². The average Bonchev–Trinajstić information content (AvgIpc) is 2.82. The molecular formula is C15H24O4S. The molecule has 0 unspecified atom stereocenters. The SMILES string of the molecule is CCOC(OCC)c1cc(C(C)(C)C)c(C(=O)OC)s1. The first-order valence-electron chi connectivity index (χ1n) is 6.80. The van der Waals surface area contributed by atoms with Crippen LogP contribution in [0.15, 0.2) is 6.07 Å². The zero-order valence-corrected chi connectivity index (χ0v) is 13.9. The van der Waals surface area contributed by atoms with Crippen LogP contribution in [0.3, 0.4) is 0 Å². The van der Waals surface area contributed by atoms with Gasteiger partial charge in [-0.2, -0.15) is 0 Å². The Morgan fingerprint density at radius 3 is 2.20 bits per heavy atom. The van der Waals surface area contributed by atoms with Gasteiger partial charge in [0.1, 0.15) is 4.88 Å². The number of esters is 1. The highest BCUT2D eigenvalue weighted by atomic mass is 32.1. The van der Waals surface area contributed by atoms with Gasteiger partial charge >= 0.3 is 5.97 Å². The normalized spacial score (nSPS) is 11.9. The zero-order chi connectivity index (χ0) is 15.3. The van der Waals surface area contributed by atoms with Crippen molar-refractivity contribution >= 4 is 17.3 Å². The Bertz CT molecular complexity index is 439. The van der Waals surface area contributed by atoms with E-state index >= 15 is 0 Å². The molecule has 5 heteroatoms. The number of hydrogen-bond acceptors (Lipinski definition) is 5. The van der Waals surface area contributed by atoms with Crippen LogP contribution in [0.5, 0.6) is 0 Å². The van der Waals surface area contributed by atoms with Crippen molar-refractivity contribution in [2.45, 2.75) is 46.3 Å². The summed E-state index contributed by atoms with van der Waals surface area (Å²) >= 11 is 1.38. The molecule has 0 aliphatic heterocycles. The third-order valence-electron chi connectivity index (χ3n) is 2.80. The predicted octanol–water partition coefficient (Wildman–Crippen LogP) is 3.90. The third kappa shape index (κ3) is 4.04. The minimum Gasteiger partial charge on any atom is -0.465 e. The summed E-state index contributed by atoms with van der Waals surface area (Å²) in [6.45, 7) is 11.2. The minimum absolute atomic E-state index is 0.138. The maximum Gasteiger partial charge on any atom is 0.348 e. The monoisotopic (exact) mass is 300 g/mol. The molecule has 0 fully saturated rings. The van der Waals surface area contributed by atoms with E-state index in [1.807, 2.05) is 19.9 Å². The van der Waals surface area contributed by atoms with Gasteiger partial charge in [0.2, 0.25) is 0 Å². The number of thiophene rings is 1. The van der Waals surface area contributed by atoms with Crippen molar-refractivity contribution in [2.24, 2.45) is 0 Å². The van der Waals surface area contributed by atoms with E-state index in [1.54, 1.807) is 0 Å². The van der Waals surface area contributed by atoms with E-state index in [9.17, 15) is 4.79 Å². The highest BCUT2D eigenvalue weighted by Crippen LogP contribution is 2.37. The van der Waals surface area contributed by atoms with E-state index in [-0.39, 0.29) is 11.4 Å². The summed E-state index contributed by atoms with van der Waals surface area (Å²) in [6.07, 6.45) is -0.422. The lowest BCUT2D eigenvalue weighted by Gasteiger charge is -2.18. The summed E-state index contributed by atoms with van der Waals surface area (Å²) in [7, 11) is 1.40. The summed E-state index contributed by atoms with van der Waals surface area (Å²) in [4.78, 5) is 13.5. The quantitative estimate of drug-likeness (QED) is 0.590. The molecule has 0 atom stereocenters. The summed E-state index contributed by atoms with van der Waals surface area (Å²) in [6, 6.07) is 1.99. The maximum absolute atomic E-state index is 11.9. The van der Waals surface area contributed by atoms with Gasteiger partial charge in [-0.15, -0.1) is 11.3 Å². The van der Waals surface area contributed by atoms with Gasteiger partial charge in [-0.3, -0.25) is 0 Å². The van der Waals surface area contributed by atoms with Crippen LogP contribution >= 0.6 is 11.3 Å². The Balaban J connectivity index is 3.22. The number of carbonyl (C=O) groups excluding carboxylic acids is 1. The summed E-state index contributed by atoms with van der Waals surface area (Å²) in [5, 5.41) is 0. The summed E-state index contributed by atoms with van der Waals surface area (Å²) in [5.74, 6) is -0.307. The van der Waals surface area contributed by atoms with Gasteiger partial charge in [0.15, 0.2) is 6.29 Å². The Morgan fingerprint density at radius 2 is 1.80 bits per heavy atom. The van der Waals surface area contributed by atoms with Crippen LogP contribution in [0, 0.1) is 0 Å². The first kappa shape index (κ1) is 17.1. The maximum atomic E-state index is 11.9. The second-order valence-electron chi connectivity index (χ2n) is 5.38. The molecule has 0 aliphatic carbocycles. The highest BCUT2D eigenvalue weighted by Gasteiger charge is 2.28. The molecular weight excluding hydrogens is 276 g/mol. The van der Waals surface area contributed by atoms with Gasteiger partial charge in [0, 0.05) is 13.2 Å². The van der Waals surface area contributed by atoms with Crippen molar-refractivity contribution in [3.8, 4) is 0 Å². The summed E-state index contributed by atoms with van der Waals surface area (Å²) < 4.78 is 16.1. The smallest absolute Gasteiger partial charge is 0.348 e. The number of ether oxygens (including phenoxy) is 3. The molecule has 1 heterocycles. The van der Waals surface area contributed by atoms with E-state index in [0.29, 0.717) is 18.1 Å². The van der Waals surface area contributed by atoms with E-state index in [1.165, 1.54) is 18.4 Å². The molecule has 0 aromatic carbocycles. The molecule has 1 aromatic rings. The highest BCUT2D eigenvalue weighted by molar-refractivity contribution is 7.14. The Labute approximate surface area is 125 Å². The first-order valence-corrected chi connectivity index (χ1v) is 7.62. The minimum atomic E-state index is -0.422. The van der Waals surface area contributed by atoms with Crippen LogP contribution in [0.2, 0.25) is 0 Å². The number of rotatable bonds is 6. The molecule has 0 N–H and O–H groups in total. The molecule has 0 radical (unpaired) electrons. The molecule has 4 nitrogen and oxygen atoms in total. The zero-order valence-electron chi connectivity index (χ0n) is 13.1. The molecule has 0 spiro atoms. The molecule has 0 saturated heterocycles. The lowest BCUT2D eigenvalue weighted by molar-refractivity contribution is -0.138. The molecule has 0 aliphatic rings. The fraction of sp³-hybridized carbons (Fsp3) is 0.667. The number of methoxy groups -OCH3 is 1. The lowest BCUT2D eigenvalue weighted by Crippen LogP contribution is -2.15. The Morgan fingerprint density at radius 1 is 1.25 bits per heavy atom. The number of carbonyl (C=O) groups is 1. The van der Waals surface area contributed by atoms with Gasteiger partial charge in [-0.1, -0.05) is 20.8 Å². The molecule has 0 bridgehead atoms. The topological polar surface area (TPSA) is 44.8 Å². The Kier molecular flexibility index (Phi) is 6.17. The van der Waals surface area contributed by atoms with Gasteiger partial charge in [-0.25, -0.2) is 4.79 Å². The van der Waals surface area contributed by atoms with Crippen LogP contribution in [-0.2, 0) is 19.6 Å². The molecule has 1 rings (SSSR count). The second-order valence-corrected chi connectivity index (χ2v) is 6.46. The Hall–Kier alpha value is -0.910. The molecule has 0 amide bonds. The van der Waals surface area contributed by atoms with Crippen molar-refractivity contribution in [2.75, 3.05) is 20.3 Å². The molecule has 20 heavy (non-hydrogen) atoms. The van der Waals surface area contributed by atoms with E-state index < -0.39 is 6.29 Å². The standard InChI is InChI=1S/C15H24O4S/c1-7-18-14(19-8-2)11-9-10(15(3,4)5)12(20-11)13(16)17-6/h9,14H,7-8H2,1-6H3. The van der Waals surface area contributed by atoms with Crippen LogP contribution in [-0.4, -0.2) is 26.3 Å². The second kappa shape index (κ2) is 7.20. The first-order chi connectivity index (χ1) is 9.35. The summed E-state index contributed by atoms with van der Waals surface area (Å²) in [5.41, 5.74) is 0.829. The van der Waals surface area contributed by atoms with E-state index in [2.05, 4.69) is 20.8 Å². The van der Waals surface area contributed by atoms with Crippen LogP contribution < -0.4 is 0 Å². The predicted molar refractivity (Wildman–Crippen MR) is 80.4 cm³/mol. The van der Waals surface area contributed by atoms with Gasteiger partial charge in [0.05, 0.1) is 12.0 Å².